The summed E-state index contributed by atoms with van der Waals surface area (Å²) < 4.78 is 12.8. The molecular formula is C19H20N6O3. The molecule has 4 rings (SSSR count). The van der Waals surface area contributed by atoms with Gasteiger partial charge in [-0.05, 0) is 23.1 Å². The molecule has 9 nitrogen and oxygen atoms in total. The Labute approximate surface area is 161 Å². The largest absolute Gasteiger partial charge is 0.472 e. The minimum absolute atomic E-state index is 0.240. The number of hydrogen-bond acceptors (Lipinski definition) is 8. The lowest BCUT2D eigenvalue weighted by Crippen LogP contribution is -2.13. The van der Waals surface area contributed by atoms with Crippen molar-refractivity contribution in [2.75, 3.05) is 0 Å². The van der Waals surface area contributed by atoms with Gasteiger partial charge in [0.05, 0.1) is 11.7 Å². The molecule has 0 spiro atoms. The molecule has 4 aromatic rings. The predicted molar refractivity (Wildman–Crippen MR) is 99.5 cm³/mol. The smallest absolute Gasteiger partial charge is 0.238 e. The third kappa shape index (κ3) is 3.31. The molecule has 0 fully saturated rings. The summed E-state index contributed by atoms with van der Waals surface area (Å²) in [5.74, 6) is 1.25. The van der Waals surface area contributed by atoms with Crippen molar-refractivity contribution in [3.05, 3.63) is 53.7 Å². The van der Waals surface area contributed by atoms with Crippen LogP contribution in [0, 0.1) is 0 Å². The molecule has 0 radical (unpaired) electrons. The molecular weight excluding hydrogens is 360 g/mol. The van der Waals surface area contributed by atoms with Gasteiger partial charge in [0.25, 0.3) is 0 Å². The number of aliphatic hydroxyl groups excluding tert-OH is 1. The minimum Gasteiger partial charge on any atom is -0.472 e. The Bertz CT molecular complexity index is 1100. The van der Waals surface area contributed by atoms with Gasteiger partial charge >= 0.3 is 0 Å². The Balaban J connectivity index is 1.81. The summed E-state index contributed by atoms with van der Waals surface area (Å²) in [6.07, 6.45) is 5.11. The Morgan fingerprint density at radius 3 is 2.68 bits per heavy atom. The number of pyridine rings is 1. The van der Waals surface area contributed by atoms with Crippen LogP contribution in [0.1, 0.15) is 37.7 Å². The molecule has 4 aromatic heterocycles. The van der Waals surface area contributed by atoms with E-state index < -0.39 is 0 Å². The number of fused-ring (bicyclic) bond motifs is 1. The van der Waals surface area contributed by atoms with Crippen molar-refractivity contribution in [3.63, 3.8) is 0 Å². The first kappa shape index (κ1) is 18.1. The van der Waals surface area contributed by atoms with E-state index in [1.807, 2.05) is 12.1 Å². The predicted octanol–water partition coefficient (Wildman–Crippen LogP) is 2.54. The van der Waals surface area contributed by atoms with Crippen molar-refractivity contribution >= 4 is 5.52 Å². The summed E-state index contributed by atoms with van der Waals surface area (Å²) >= 11 is 0. The van der Waals surface area contributed by atoms with Crippen LogP contribution in [-0.2, 0) is 18.6 Å². The highest BCUT2D eigenvalue weighted by atomic mass is 16.5. The van der Waals surface area contributed by atoms with E-state index in [0.717, 1.165) is 16.6 Å². The second-order valence-electron chi connectivity index (χ2n) is 7.38. The zero-order chi connectivity index (χ0) is 19.7. The number of nitrogens with zero attached hydrogens (tertiary/aromatic N) is 6. The van der Waals surface area contributed by atoms with Crippen LogP contribution in [0.5, 0.6) is 5.88 Å². The van der Waals surface area contributed by atoms with Crippen molar-refractivity contribution in [1.82, 2.24) is 30.0 Å². The van der Waals surface area contributed by atoms with Crippen molar-refractivity contribution in [1.29, 1.82) is 0 Å². The SMILES string of the molecule is CC(C)(C)c1c(OCc2ccncc2)nn2c(-c3cc(CO)on3)nncc12. The molecule has 0 saturated carbocycles. The molecule has 0 bridgehead atoms. The van der Waals surface area contributed by atoms with E-state index in [-0.39, 0.29) is 12.0 Å². The van der Waals surface area contributed by atoms with Gasteiger partial charge in [-0.25, -0.2) is 4.52 Å². The fourth-order valence-electron chi connectivity index (χ4n) is 2.96. The summed E-state index contributed by atoms with van der Waals surface area (Å²) in [7, 11) is 0. The number of aromatic nitrogens is 6. The van der Waals surface area contributed by atoms with Crippen LogP contribution in [0.2, 0.25) is 0 Å². The second kappa shape index (κ2) is 7.01. The molecule has 4 heterocycles. The summed E-state index contributed by atoms with van der Waals surface area (Å²) in [6.45, 7) is 6.38. The van der Waals surface area contributed by atoms with Crippen molar-refractivity contribution in [2.24, 2.45) is 0 Å². The molecule has 144 valence electrons. The van der Waals surface area contributed by atoms with Crippen LogP contribution in [0.25, 0.3) is 17.0 Å². The second-order valence-corrected chi connectivity index (χ2v) is 7.38. The van der Waals surface area contributed by atoms with Gasteiger partial charge in [-0.2, -0.15) is 5.10 Å². The average molecular weight is 380 g/mol. The number of ether oxygens (including phenoxy) is 1. The molecule has 0 aliphatic carbocycles. The van der Waals surface area contributed by atoms with Crippen molar-refractivity contribution in [2.45, 2.75) is 39.4 Å². The maximum Gasteiger partial charge on any atom is 0.238 e. The summed E-state index contributed by atoms with van der Waals surface area (Å²) in [5, 5.41) is 26.1. The van der Waals surface area contributed by atoms with Gasteiger partial charge in [-0.15, -0.1) is 10.2 Å². The van der Waals surface area contributed by atoms with Crippen LogP contribution < -0.4 is 4.74 Å². The average Bonchev–Trinajstić information content (AvgIpc) is 3.30. The molecule has 0 atom stereocenters. The van der Waals surface area contributed by atoms with E-state index >= 15 is 0 Å². The molecule has 0 saturated heterocycles. The van der Waals surface area contributed by atoms with E-state index in [0.29, 0.717) is 29.8 Å². The summed E-state index contributed by atoms with van der Waals surface area (Å²) in [4.78, 5) is 4.02. The van der Waals surface area contributed by atoms with Gasteiger partial charge in [0.2, 0.25) is 11.7 Å². The molecule has 1 N–H and O–H groups in total. The Morgan fingerprint density at radius 2 is 2.00 bits per heavy atom. The maximum absolute atomic E-state index is 9.23. The lowest BCUT2D eigenvalue weighted by molar-refractivity contribution is 0.229. The third-order valence-electron chi connectivity index (χ3n) is 4.24. The zero-order valence-corrected chi connectivity index (χ0v) is 15.8. The van der Waals surface area contributed by atoms with Crippen LogP contribution in [0.3, 0.4) is 0 Å². The third-order valence-corrected chi connectivity index (χ3v) is 4.24. The molecule has 0 aromatic carbocycles. The summed E-state index contributed by atoms with van der Waals surface area (Å²) in [5.41, 5.74) is 2.88. The maximum atomic E-state index is 9.23. The topological polar surface area (TPSA) is 111 Å². The zero-order valence-electron chi connectivity index (χ0n) is 15.8. The quantitative estimate of drug-likeness (QED) is 0.562. The molecule has 28 heavy (non-hydrogen) atoms. The van der Waals surface area contributed by atoms with Crippen LogP contribution in [0.4, 0.5) is 0 Å². The first-order chi connectivity index (χ1) is 13.5. The van der Waals surface area contributed by atoms with Gasteiger partial charge in [0.1, 0.15) is 13.2 Å². The molecule has 9 heteroatoms. The first-order valence-electron chi connectivity index (χ1n) is 8.81. The van der Waals surface area contributed by atoms with Gasteiger partial charge in [0, 0.05) is 24.0 Å². The van der Waals surface area contributed by atoms with Gasteiger partial charge in [-0.3, -0.25) is 4.98 Å². The standard InChI is InChI=1S/C19H20N6O3/c1-19(2,3)16-15-9-21-22-17(14-8-13(10-26)28-24-14)25(15)23-18(16)27-11-12-4-6-20-7-5-12/h4-9,26H,10-11H2,1-3H3. The Morgan fingerprint density at radius 1 is 1.21 bits per heavy atom. The van der Waals surface area contributed by atoms with Crippen LogP contribution in [0.15, 0.2) is 41.3 Å². The van der Waals surface area contributed by atoms with Gasteiger partial charge in [-0.1, -0.05) is 25.9 Å². The molecule has 0 aliphatic heterocycles. The monoisotopic (exact) mass is 380 g/mol. The van der Waals surface area contributed by atoms with Crippen LogP contribution >= 0.6 is 0 Å². The lowest BCUT2D eigenvalue weighted by atomic mass is 9.88. The Kier molecular flexibility index (Phi) is 4.52. The summed E-state index contributed by atoms with van der Waals surface area (Å²) in [6, 6.07) is 5.40. The molecule has 0 aliphatic rings. The van der Waals surface area contributed by atoms with E-state index in [4.69, 9.17) is 9.26 Å². The number of hydrogen-bond donors (Lipinski definition) is 1. The number of rotatable bonds is 5. The van der Waals surface area contributed by atoms with Crippen molar-refractivity contribution in [3.8, 4) is 17.4 Å². The highest BCUT2D eigenvalue weighted by Crippen LogP contribution is 2.36. The van der Waals surface area contributed by atoms with E-state index in [2.05, 4.69) is 46.2 Å². The highest BCUT2D eigenvalue weighted by molar-refractivity contribution is 5.64. The Hall–Kier alpha value is -3.33. The molecule has 0 unspecified atom stereocenters. The minimum atomic E-state index is -0.247. The van der Waals surface area contributed by atoms with Crippen LogP contribution in [-0.4, -0.2) is 35.1 Å². The molecule has 0 amide bonds. The fourth-order valence-corrected chi connectivity index (χ4v) is 2.96. The lowest BCUT2D eigenvalue weighted by Gasteiger charge is -2.18. The van der Waals surface area contributed by atoms with Crippen molar-refractivity contribution < 1.29 is 14.4 Å². The van der Waals surface area contributed by atoms with Gasteiger partial charge in [0.15, 0.2) is 11.5 Å². The first-order valence-corrected chi connectivity index (χ1v) is 8.81. The van der Waals surface area contributed by atoms with E-state index in [1.54, 1.807) is 29.2 Å². The van der Waals surface area contributed by atoms with E-state index in [1.165, 1.54) is 0 Å². The fraction of sp³-hybridized carbons (Fsp3) is 0.316. The van der Waals surface area contributed by atoms with Gasteiger partial charge < -0.3 is 14.4 Å². The number of aliphatic hydroxyl groups is 1. The highest BCUT2D eigenvalue weighted by Gasteiger charge is 2.28. The van der Waals surface area contributed by atoms with E-state index in [9.17, 15) is 5.11 Å². The normalized spacial score (nSPS) is 11.9.